The van der Waals surface area contributed by atoms with E-state index in [9.17, 15) is 4.79 Å². The van der Waals surface area contributed by atoms with E-state index in [0.717, 1.165) is 31.4 Å². The number of nitrogens with zero attached hydrogens (tertiary/aromatic N) is 1. The Morgan fingerprint density at radius 3 is 2.94 bits per heavy atom. The number of aromatic nitrogens is 2. The molecule has 0 aliphatic heterocycles. The molecule has 96 valence electrons. The molecule has 1 rings (SSSR count). The first-order valence-corrected chi connectivity index (χ1v) is 6.28. The van der Waals surface area contributed by atoms with Crippen LogP contribution in [0.15, 0.2) is 6.07 Å². The zero-order chi connectivity index (χ0) is 12.7. The van der Waals surface area contributed by atoms with Crippen molar-refractivity contribution in [1.82, 2.24) is 10.2 Å². The number of aromatic amines is 1. The molecule has 5 heteroatoms. The van der Waals surface area contributed by atoms with Gasteiger partial charge in [-0.25, -0.2) is 0 Å². The molecule has 0 fully saturated rings. The maximum atomic E-state index is 11.7. The van der Waals surface area contributed by atoms with Crippen LogP contribution < -0.4 is 11.1 Å². The topological polar surface area (TPSA) is 83.8 Å². The van der Waals surface area contributed by atoms with Gasteiger partial charge in [0.2, 0.25) is 5.91 Å². The summed E-state index contributed by atoms with van der Waals surface area (Å²) < 4.78 is 0. The van der Waals surface area contributed by atoms with Gasteiger partial charge in [-0.15, -0.1) is 0 Å². The summed E-state index contributed by atoms with van der Waals surface area (Å²) in [4.78, 5) is 11.7. The highest BCUT2D eigenvalue weighted by Crippen LogP contribution is 2.08. The molecule has 0 saturated carbocycles. The highest BCUT2D eigenvalue weighted by Gasteiger charge is 2.13. The minimum Gasteiger partial charge on any atom is -0.320 e. The maximum absolute atomic E-state index is 11.7. The fourth-order valence-corrected chi connectivity index (χ4v) is 1.60. The number of carbonyl (C=O) groups is 1. The van der Waals surface area contributed by atoms with Crippen molar-refractivity contribution < 1.29 is 4.79 Å². The summed E-state index contributed by atoms with van der Waals surface area (Å²) in [7, 11) is 0. The van der Waals surface area contributed by atoms with Crippen LogP contribution in [0.2, 0.25) is 0 Å². The molecule has 1 atom stereocenters. The van der Waals surface area contributed by atoms with Gasteiger partial charge in [0.15, 0.2) is 5.82 Å². The van der Waals surface area contributed by atoms with Gasteiger partial charge in [-0.2, -0.15) is 5.10 Å². The average Bonchev–Trinajstić information content (AvgIpc) is 2.74. The maximum Gasteiger partial charge on any atom is 0.242 e. The smallest absolute Gasteiger partial charge is 0.242 e. The number of amides is 1. The highest BCUT2D eigenvalue weighted by molar-refractivity contribution is 5.93. The Kier molecular flexibility index (Phi) is 5.69. The van der Waals surface area contributed by atoms with Crippen molar-refractivity contribution in [3.8, 4) is 0 Å². The zero-order valence-electron chi connectivity index (χ0n) is 10.6. The normalized spacial score (nSPS) is 12.4. The fourth-order valence-electron chi connectivity index (χ4n) is 1.60. The third-order valence-electron chi connectivity index (χ3n) is 2.61. The van der Waals surface area contributed by atoms with Crippen molar-refractivity contribution in [3.63, 3.8) is 0 Å². The number of carbonyl (C=O) groups excluding carboxylic acids is 1. The summed E-state index contributed by atoms with van der Waals surface area (Å²) in [5.41, 5.74) is 6.80. The van der Waals surface area contributed by atoms with Gasteiger partial charge >= 0.3 is 0 Å². The molecule has 1 amide bonds. The van der Waals surface area contributed by atoms with Crippen molar-refractivity contribution in [2.75, 3.05) is 5.32 Å². The second-order valence-corrected chi connectivity index (χ2v) is 4.27. The van der Waals surface area contributed by atoms with Gasteiger partial charge in [0.25, 0.3) is 0 Å². The monoisotopic (exact) mass is 238 g/mol. The lowest BCUT2D eigenvalue weighted by atomic mass is 10.1. The van der Waals surface area contributed by atoms with Gasteiger partial charge in [-0.05, 0) is 12.8 Å². The predicted octanol–water partition coefficient (Wildman–Crippen LogP) is 1.82. The molecule has 5 nitrogen and oxygen atoms in total. The Morgan fingerprint density at radius 1 is 1.53 bits per heavy atom. The molecule has 1 aromatic rings. The summed E-state index contributed by atoms with van der Waals surface area (Å²) in [6.45, 7) is 4.18. The van der Waals surface area contributed by atoms with Crippen LogP contribution in [-0.2, 0) is 11.2 Å². The molecule has 0 spiro atoms. The van der Waals surface area contributed by atoms with Crippen molar-refractivity contribution in [2.24, 2.45) is 5.73 Å². The molecule has 0 aliphatic rings. The first-order valence-electron chi connectivity index (χ1n) is 6.28. The minimum atomic E-state index is -0.443. The van der Waals surface area contributed by atoms with Crippen LogP contribution in [0.4, 0.5) is 5.82 Å². The number of rotatable bonds is 7. The van der Waals surface area contributed by atoms with E-state index < -0.39 is 6.04 Å². The highest BCUT2D eigenvalue weighted by atomic mass is 16.2. The van der Waals surface area contributed by atoms with Gasteiger partial charge < -0.3 is 11.1 Å². The minimum absolute atomic E-state index is 0.159. The van der Waals surface area contributed by atoms with Gasteiger partial charge in [-0.3, -0.25) is 9.89 Å². The molecule has 0 unspecified atom stereocenters. The van der Waals surface area contributed by atoms with E-state index in [4.69, 9.17) is 5.73 Å². The first kappa shape index (κ1) is 13.7. The molecule has 0 saturated heterocycles. The van der Waals surface area contributed by atoms with Gasteiger partial charge in [0, 0.05) is 11.8 Å². The summed E-state index contributed by atoms with van der Waals surface area (Å²) >= 11 is 0. The molecular weight excluding hydrogens is 216 g/mol. The predicted molar refractivity (Wildman–Crippen MR) is 68.7 cm³/mol. The molecule has 0 aliphatic carbocycles. The lowest BCUT2D eigenvalue weighted by Gasteiger charge is -2.09. The Morgan fingerprint density at radius 2 is 2.29 bits per heavy atom. The largest absolute Gasteiger partial charge is 0.320 e. The Hall–Kier alpha value is -1.36. The first-order chi connectivity index (χ1) is 8.17. The quantitative estimate of drug-likeness (QED) is 0.677. The van der Waals surface area contributed by atoms with Crippen LogP contribution in [0, 0.1) is 0 Å². The standard InChI is InChI=1S/C12H22N4O/c1-3-5-7-10(13)12(17)14-11-8-9(6-4-2)15-16-11/h8,10H,3-7,13H2,1-2H3,(H2,14,15,16,17)/t10-/m0/s1. The molecule has 4 N–H and O–H groups in total. The number of hydrogen-bond donors (Lipinski definition) is 3. The Labute approximate surface area is 102 Å². The van der Waals surface area contributed by atoms with E-state index in [1.807, 2.05) is 6.07 Å². The number of hydrogen-bond acceptors (Lipinski definition) is 3. The lowest BCUT2D eigenvalue weighted by molar-refractivity contribution is -0.117. The molecular formula is C12H22N4O. The molecule has 0 radical (unpaired) electrons. The second kappa shape index (κ2) is 7.06. The third-order valence-corrected chi connectivity index (χ3v) is 2.61. The van der Waals surface area contributed by atoms with Crippen LogP contribution in [-0.4, -0.2) is 22.1 Å². The molecule has 1 heterocycles. The number of unbranched alkanes of at least 4 members (excludes halogenated alkanes) is 1. The molecule has 1 aromatic heterocycles. The van der Waals surface area contributed by atoms with Crippen molar-refractivity contribution in [2.45, 2.75) is 52.0 Å². The Balaban J connectivity index is 2.43. The van der Waals surface area contributed by atoms with Gasteiger partial charge in [0.05, 0.1) is 6.04 Å². The van der Waals surface area contributed by atoms with Crippen LogP contribution in [0.3, 0.4) is 0 Å². The van der Waals surface area contributed by atoms with Crippen LogP contribution in [0.25, 0.3) is 0 Å². The molecule has 17 heavy (non-hydrogen) atoms. The van der Waals surface area contributed by atoms with Crippen molar-refractivity contribution in [3.05, 3.63) is 11.8 Å². The lowest BCUT2D eigenvalue weighted by Crippen LogP contribution is -2.35. The van der Waals surface area contributed by atoms with Crippen molar-refractivity contribution >= 4 is 11.7 Å². The fraction of sp³-hybridized carbons (Fsp3) is 0.667. The van der Waals surface area contributed by atoms with Crippen LogP contribution in [0.5, 0.6) is 0 Å². The van der Waals surface area contributed by atoms with Crippen molar-refractivity contribution in [1.29, 1.82) is 0 Å². The van der Waals surface area contributed by atoms with E-state index >= 15 is 0 Å². The van der Waals surface area contributed by atoms with Gasteiger partial charge in [-0.1, -0.05) is 33.1 Å². The van der Waals surface area contributed by atoms with Gasteiger partial charge in [0.1, 0.15) is 0 Å². The van der Waals surface area contributed by atoms with E-state index in [-0.39, 0.29) is 5.91 Å². The molecule has 0 bridgehead atoms. The summed E-state index contributed by atoms with van der Waals surface area (Å²) in [6.07, 6.45) is 4.71. The Bertz CT molecular complexity index is 348. The van der Waals surface area contributed by atoms with E-state index in [1.165, 1.54) is 0 Å². The second-order valence-electron chi connectivity index (χ2n) is 4.27. The summed E-state index contributed by atoms with van der Waals surface area (Å²) in [5.74, 6) is 0.401. The average molecular weight is 238 g/mol. The SMILES string of the molecule is CCCC[C@H](N)C(=O)Nc1cc(CCC)[nH]n1. The molecule has 0 aromatic carbocycles. The number of aryl methyl sites for hydroxylation is 1. The van der Waals surface area contributed by atoms with E-state index in [1.54, 1.807) is 0 Å². The number of nitrogens with one attached hydrogen (secondary N) is 2. The number of H-pyrrole nitrogens is 1. The number of nitrogens with two attached hydrogens (primary N) is 1. The summed E-state index contributed by atoms with van der Waals surface area (Å²) in [5, 5.41) is 9.64. The van der Waals surface area contributed by atoms with Crippen LogP contribution in [0.1, 0.15) is 45.2 Å². The van der Waals surface area contributed by atoms with E-state index in [2.05, 4.69) is 29.4 Å². The zero-order valence-corrected chi connectivity index (χ0v) is 10.6. The van der Waals surface area contributed by atoms with Crippen LogP contribution >= 0.6 is 0 Å². The van der Waals surface area contributed by atoms with E-state index in [0.29, 0.717) is 12.2 Å². The number of anilines is 1. The third kappa shape index (κ3) is 4.56. The summed E-state index contributed by atoms with van der Waals surface area (Å²) in [6, 6.07) is 1.41.